The van der Waals surface area contributed by atoms with Crippen LogP contribution in [0.3, 0.4) is 0 Å². The number of aromatic nitrogens is 1. The number of hydrogen-bond donors (Lipinski definition) is 1. The van der Waals surface area contributed by atoms with Crippen LogP contribution in [0.25, 0.3) is 0 Å². The van der Waals surface area contributed by atoms with Gasteiger partial charge in [0.05, 0.1) is 0 Å². The minimum absolute atomic E-state index is 0.143. The van der Waals surface area contributed by atoms with Crippen LogP contribution in [-0.4, -0.2) is 29.1 Å². The molecule has 124 valence electrons. The molecule has 0 saturated carbocycles. The second kappa shape index (κ2) is 6.83. The number of rotatable bonds is 5. The molecule has 1 aromatic carbocycles. The van der Waals surface area contributed by atoms with E-state index < -0.39 is 5.97 Å². The summed E-state index contributed by atoms with van der Waals surface area (Å²) in [5.41, 5.74) is 3.66. The molecule has 5 nitrogen and oxygen atoms in total. The fourth-order valence-corrected chi connectivity index (χ4v) is 2.91. The summed E-state index contributed by atoms with van der Waals surface area (Å²) in [6.45, 7) is 1.10. The van der Waals surface area contributed by atoms with Crippen LogP contribution >= 0.6 is 0 Å². The average Bonchev–Trinajstić information content (AvgIpc) is 3.09. The Morgan fingerprint density at radius 1 is 1.04 bits per heavy atom. The van der Waals surface area contributed by atoms with Crippen molar-refractivity contribution in [1.29, 1.82) is 0 Å². The number of carbonyl (C=O) groups is 3. The van der Waals surface area contributed by atoms with E-state index in [0.29, 0.717) is 11.1 Å². The molecular formula is C19H19NO4. The van der Waals surface area contributed by atoms with Gasteiger partial charge in [0.2, 0.25) is 0 Å². The lowest BCUT2D eigenvalue weighted by molar-refractivity contribution is 0.0469. The van der Waals surface area contributed by atoms with Gasteiger partial charge >= 0.3 is 5.97 Å². The van der Waals surface area contributed by atoms with Gasteiger partial charge in [-0.1, -0.05) is 12.1 Å². The Kier molecular flexibility index (Phi) is 4.60. The van der Waals surface area contributed by atoms with Gasteiger partial charge < -0.3 is 9.72 Å². The third-order valence-corrected chi connectivity index (χ3v) is 4.31. The van der Waals surface area contributed by atoms with Crippen LogP contribution in [-0.2, 0) is 17.6 Å². The van der Waals surface area contributed by atoms with Crippen molar-refractivity contribution in [1.82, 2.24) is 4.98 Å². The third-order valence-electron chi connectivity index (χ3n) is 4.31. The largest absolute Gasteiger partial charge is 0.453 e. The summed E-state index contributed by atoms with van der Waals surface area (Å²) in [5, 5.41) is 0. The van der Waals surface area contributed by atoms with E-state index in [-0.39, 0.29) is 23.9 Å². The molecule has 0 saturated heterocycles. The molecule has 24 heavy (non-hydrogen) atoms. The molecule has 1 aliphatic carbocycles. The third kappa shape index (κ3) is 3.45. The molecule has 1 aliphatic rings. The van der Waals surface area contributed by atoms with Gasteiger partial charge in [-0.15, -0.1) is 0 Å². The topological polar surface area (TPSA) is 76.2 Å². The number of H-pyrrole nitrogens is 1. The zero-order chi connectivity index (χ0) is 17.1. The van der Waals surface area contributed by atoms with Gasteiger partial charge in [-0.05, 0) is 55.9 Å². The van der Waals surface area contributed by atoms with E-state index in [0.717, 1.165) is 19.3 Å². The minimum atomic E-state index is -0.645. The lowest BCUT2D eigenvalue weighted by Crippen LogP contribution is -2.15. The van der Waals surface area contributed by atoms with Crippen LogP contribution in [0.15, 0.2) is 30.5 Å². The van der Waals surface area contributed by atoms with E-state index in [1.165, 1.54) is 36.7 Å². The van der Waals surface area contributed by atoms with Crippen LogP contribution in [0.4, 0.5) is 0 Å². The number of ketones is 2. The Morgan fingerprint density at radius 3 is 2.50 bits per heavy atom. The first-order valence-corrected chi connectivity index (χ1v) is 8.06. The Hall–Kier alpha value is -2.69. The Morgan fingerprint density at radius 2 is 1.79 bits per heavy atom. The van der Waals surface area contributed by atoms with Gasteiger partial charge in [0.15, 0.2) is 18.2 Å². The fourth-order valence-electron chi connectivity index (χ4n) is 2.91. The number of hydrogen-bond acceptors (Lipinski definition) is 4. The number of aryl methyl sites for hydroxylation is 2. The monoisotopic (exact) mass is 325 g/mol. The molecule has 0 spiro atoms. The Balaban J connectivity index is 1.62. The number of nitrogens with one attached hydrogen (secondary N) is 1. The maximum Gasteiger partial charge on any atom is 0.355 e. The van der Waals surface area contributed by atoms with Crippen molar-refractivity contribution in [2.75, 3.05) is 6.61 Å². The summed E-state index contributed by atoms with van der Waals surface area (Å²) in [4.78, 5) is 38.1. The molecule has 3 rings (SSSR count). The summed E-state index contributed by atoms with van der Waals surface area (Å²) in [5.74, 6) is -1.01. The first-order valence-electron chi connectivity index (χ1n) is 8.06. The molecule has 0 aliphatic heterocycles. The molecule has 0 amide bonds. The average molecular weight is 325 g/mol. The first-order chi connectivity index (χ1) is 11.5. The van der Waals surface area contributed by atoms with Gasteiger partial charge in [-0.25, -0.2) is 4.79 Å². The highest BCUT2D eigenvalue weighted by molar-refractivity contribution is 6.00. The maximum atomic E-state index is 12.2. The number of fused-ring (bicyclic) bond motifs is 1. The highest BCUT2D eigenvalue weighted by Gasteiger charge is 2.16. The zero-order valence-electron chi connectivity index (χ0n) is 13.6. The Labute approximate surface area is 140 Å². The predicted octanol–water partition coefficient (Wildman–Crippen LogP) is 3.14. The van der Waals surface area contributed by atoms with Crippen molar-refractivity contribution in [3.8, 4) is 0 Å². The second-order valence-corrected chi connectivity index (χ2v) is 6.05. The summed E-state index contributed by atoms with van der Waals surface area (Å²) < 4.78 is 5.05. The first kappa shape index (κ1) is 16.2. The van der Waals surface area contributed by atoms with Crippen molar-refractivity contribution in [2.45, 2.75) is 32.6 Å². The number of carbonyl (C=O) groups excluding carboxylic acids is 3. The molecule has 0 unspecified atom stereocenters. The Bertz CT molecular complexity index is 803. The second-order valence-electron chi connectivity index (χ2n) is 6.05. The summed E-state index contributed by atoms with van der Waals surface area (Å²) in [7, 11) is 0. The molecule has 2 aromatic rings. The molecule has 1 aromatic heterocycles. The molecule has 1 heterocycles. The number of aromatic amines is 1. The van der Waals surface area contributed by atoms with Crippen molar-refractivity contribution >= 4 is 17.5 Å². The van der Waals surface area contributed by atoms with Crippen molar-refractivity contribution < 1.29 is 19.1 Å². The molecule has 5 heteroatoms. The lowest BCUT2D eigenvalue weighted by atomic mass is 9.90. The molecular weight excluding hydrogens is 306 g/mol. The van der Waals surface area contributed by atoms with Gasteiger partial charge in [0.25, 0.3) is 0 Å². The summed E-state index contributed by atoms with van der Waals surface area (Å²) in [6.07, 6.45) is 5.84. The molecule has 1 N–H and O–H groups in total. The van der Waals surface area contributed by atoms with Crippen molar-refractivity contribution in [3.63, 3.8) is 0 Å². The van der Waals surface area contributed by atoms with E-state index in [1.807, 2.05) is 12.1 Å². The van der Waals surface area contributed by atoms with E-state index in [4.69, 9.17) is 4.74 Å². The summed E-state index contributed by atoms with van der Waals surface area (Å²) >= 11 is 0. The van der Waals surface area contributed by atoms with Crippen LogP contribution in [0.1, 0.15) is 62.1 Å². The smallest absolute Gasteiger partial charge is 0.355 e. The van der Waals surface area contributed by atoms with E-state index >= 15 is 0 Å². The molecule has 0 radical (unpaired) electrons. The minimum Gasteiger partial charge on any atom is -0.453 e. The van der Waals surface area contributed by atoms with Crippen LogP contribution in [0, 0.1) is 0 Å². The van der Waals surface area contributed by atoms with Gasteiger partial charge in [-0.3, -0.25) is 9.59 Å². The van der Waals surface area contributed by atoms with Crippen molar-refractivity contribution in [3.05, 3.63) is 58.4 Å². The highest BCUT2D eigenvalue weighted by Crippen LogP contribution is 2.22. The van der Waals surface area contributed by atoms with Gasteiger partial charge in [-0.2, -0.15) is 0 Å². The lowest BCUT2D eigenvalue weighted by Gasteiger charge is -2.16. The maximum absolute atomic E-state index is 12.2. The highest BCUT2D eigenvalue weighted by atomic mass is 16.5. The number of esters is 1. The zero-order valence-corrected chi connectivity index (χ0v) is 13.6. The fraction of sp³-hybridized carbons (Fsp3) is 0.316. The van der Waals surface area contributed by atoms with E-state index in [2.05, 4.69) is 4.98 Å². The molecule has 0 atom stereocenters. The van der Waals surface area contributed by atoms with E-state index in [9.17, 15) is 14.4 Å². The SMILES string of the molecule is CC(=O)c1c[nH]c(C(=O)OCC(=O)c2ccc3c(c2)CCCC3)c1. The standard InChI is InChI=1S/C19H19NO4/c1-12(21)16-9-17(20-10-16)19(23)24-11-18(22)15-7-6-13-4-2-3-5-14(13)8-15/h6-10,20H,2-5,11H2,1H3. The quantitative estimate of drug-likeness (QED) is 0.677. The number of ether oxygens (including phenoxy) is 1. The van der Waals surface area contributed by atoms with Crippen LogP contribution in [0.2, 0.25) is 0 Å². The van der Waals surface area contributed by atoms with Gasteiger partial charge in [0.1, 0.15) is 5.69 Å². The van der Waals surface area contributed by atoms with Gasteiger partial charge in [0, 0.05) is 17.3 Å². The van der Waals surface area contributed by atoms with Crippen LogP contribution in [0.5, 0.6) is 0 Å². The summed E-state index contributed by atoms with van der Waals surface area (Å²) in [6, 6.07) is 7.12. The normalized spacial score (nSPS) is 13.2. The van der Waals surface area contributed by atoms with E-state index in [1.54, 1.807) is 6.07 Å². The molecule has 0 fully saturated rings. The number of Topliss-reactive ketones (excluding diaryl/α,β-unsaturated/α-hetero) is 2. The van der Waals surface area contributed by atoms with Crippen LogP contribution < -0.4 is 0 Å². The predicted molar refractivity (Wildman–Crippen MR) is 88.5 cm³/mol. The van der Waals surface area contributed by atoms with Crippen molar-refractivity contribution in [2.24, 2.45) is 0 Å². The number of benzene rings is 1. The molecule has 0 bridgehead atoms.